The number of ether oxygens (including phenoxy) is 1. The molecule has 112 valence electrons. The van der Waals surface area contributed by atoms with Crippen LogP contribution in [0.5, 0.6) is 5.75 Å². The van der Waals surface area contributed by atoms with Crippen LogP contribution in [-0.2, 0) is 4.79 Å². The number of nitrogens with two attached hydrogens (primary N) is 1. The smallest absolute Gasteiger partial charge is 0.387 e. The van der Waals surface area contributed by atoms with Crippen LogP contribution in [0.25, 0.3) is 0 Å². The van der Waals surface area contributed by atoms with Gasteiger partial charge in [0, 0.05) is 12.2 Å². The summed E-state index contributed by atoms with van der Waals surface area (Å²) in [6, 6.07) is 5.79. The summed E-state index contributed by atoms with van der Waals surface area (Å²) >= 11 is 0. The highest BCUT2D eigenvalue weighted by Crippen LogP contribution is 2.27. The van der Waals surface area contributed by atoms with E-state index in [-0.39, 0.29) is 18.2 Å². The maximum atomic E-state index is 12.2. The van der Waals surface area contributed by atoms with E-state index in [1.54, 1.807) is 0 Å². The van der Waals surface area contributed by atoms with Crippen molar-refractivity contribution >= 4 is 11.6 Å². The summed E-state index contributed by atoms with van der Waals surface area (Å²) in [6.07, 6.45) is 1.27. The molecule has 0 saturated carbocycles. The van der Waals surface area contributed by atoms with E-state index in [4.69, 9.17) is 5.73 Å². The highest BCUT2D eigenvalue weighted by atomic mass is 19.3. The van der Waals surface area contributed by atoms with E-state index >= 15 is 0 Å². The van der Waals surface area contributed by atoms with Crippen LogP contribution in [0.4, 0.5) is 14.5 Å². The predicted molar refractivity (Wildman–Crippen MR) is 73.8 cm³/mol. The average Bonchev–Trinajstić information content (AvgIpc) is 2.43. The molecule has 4 nitrogen and oxygen atoms in total. The summed E-state index contributed by atoms with van der Waals surface area (Å²) in [7, 11) is 0. The fourth-order valence-corrected chi connectivity index (χ4v) is 1.94. The third kappa shape index (κ3) is 3.90. The molecule has 0 radical (unpaired) electrons. The summed E-state index contributed by atoms with van der Waals surface area (Å²) in [5, 5.41) is 2.75. The first-order chi connectivity index (χ1) is 9.47. The first-order valence-electron chi connectivity index (χ1n) is 6.53. The minimum absolute atomic E-state index is 0.0501. The molecule has 0 aliphatic rings. The van der Waals surface area contributed by atoms with Gasteiger partial charge in [0.2, 0.25) is 5.91 Å². The number of rotatable bonds is 7. The number of carbonyl (C=O) groups excluding carboxylic acids is 1. The molecule has 0 aromatic heterocycles. The maximum absolute atomic E-state index is 12.2. The Balaban J connectivity index is 2.75. The van der Waals surface area contributed by atoms with Gasteiger partial charge in [0.25, 0.3) is 0 Å². The second-order valence-corrected chi connectivity index (χ2v) is 4.55. The van der Waals surface area contributed by atoms with E-state index in [0.717, 1.165) is 0 Å². The number of alkyl halides is 2. The first kappa shape index (κ1) is 16.4. The van der Waals surface area contributed by atoms with Crippen molar-refractivity contribution in [1.82, 2.24) is 0 Å². The Labute approximate surface area is 117 Å². The lowest BCUT2D eigenvalue weighted by Crippen LogP contribution is -2.41. The second kappa shape index (κ2) is 7.19. The van der Waals surface area contributed by atoms with Gasteiger partial charge < -0.3 is 15.8 Å². The third-order valence-corrected chi connectivity index (χ3v) is 3.56. The van der Waals surface area contributed by atoms with Crippen molar-refractivity contribution < 1.29 is 18.3 Å². The van der Waals surface area contributed by atoms with Gasteiger partial charge >= 0.3 is 6.61 Å². The van der Waals surface area contributed by atoms with Crippen LogP contribution in [0.15, 0.2) is 24.3 Å². The standard InChI is InChI=1S/C14H20F2N2O2/c1-3-14(4-2,9-17)12(19)18-10-5-7-11(8-6-10)20-13(15)16/h5-8,13H,3-4,9,17H2,1-2H3,(H,18,19). The zero-order valence-corrected chi connectivity index (χ0v) is 11.7. The first-order valence-corrected chi connectivity index (χ1v) is 6.53. The molecule has 1 amide bonds. The number of hydrogen-bond acceptors (Lipinski definition) is 3. The fraction of sp³-hybridized carbons (Fsp3) is 0.500. The number of nitrogens with one attached hydrogen (secondary N) is 1. The van der Waals surface area contributed by atoms with E-state index in [2.05, 4.69) is 10.1 Å². The lowest BCUT2D eigenvalue weighted by atomic mass is 9.81. The van der Waals surface area contributed by atoms with Gasteiger partial charge in [-0.15, -0.1) is 0 Å². The van der Waals surface area contributed by atoms with Crippen molar-refractivity contribution in [3.05, 3.63) is 24.3 Å². The largest absolute Gasteiger partial charge is 0.435 e. The molecule has 0 heterocycles. The average molecular weight is 286 g/mol. The SMILES string of the molecule is CCC(CC)(CN)C(=O)Nc1ccc(OC(F)F)cc1. The Hall–Kier alpha value is -1.69. The van der Waals surface area contributed by atoms with E-state index in [0.29, 0.717) is 18.5 Å². The van der Waals surface area contributed by atoms with Crippen molar-refractivity contribution in [2.75, 3.05) is 11.9 Å². The van der Waals surface area contributed by atoms with Crippen molar-refractivity contribution in [1.29, 1.82) is 0 Å². The summed E-state index contributed by atoms with van der Waals surface area (Å²) < 4.78 is 28.3. The molecule has 0 unspecified atom stereocenters. The van der Waals surface area contributed by atoms with Crippen LogP contribution in [0, 0.1) is 5.41 Å². The zero-order valence-electron chi connectivity index (χ0n) is 11.7. The van der Waals surface area contributed by atoms with E-state index in [9.17, 15) is 13.6 Å². The Morgan fingerprint density at radius 3 is 2.25 bits per heavy atom. The molecule has 0 aliphatic carbocycles. The number of carbonyl (C=O) groups is 1. The van der Waals surface area contributed by atoms with Gasteiger partial charge in [-0.3, -0.25) is 4.79 Å². The fourth-order valence-electron chi connectivity index (χ4n) is 1.94. The summed E-state index contributed by atoms with van der Waals surface area (Å²) in [4.78, 5) is 12.2. The molecule has 0 fully saturated rings. The monoisotopic (exact) mass is 286 g/mol. The number of amides is 1. The number of anilines is 1. The molecule has 3 N–H and O–H groups in total. The Morgan fingerprint density at radius 1 is 1.30 bits per heavy atom. The van der Waals surface area contributed by atoms with Crippen LogP contribution in [-0.4, -0.2) is 19.1 Å². The molecule has 6 heteroatoms. The van der Waals surface area contributed by atoms with Crippen molar-refractivity contribution in [3.8, 4) is 5.75 Å². The van der Waals surface area contributed by atoms with E-state index < -0.39 is 12.0 Å². The summed E-state index contributed by atoms with van der Waals surface area (Å²) in [6.45, 7) is 1.23. The third-order valence-electron chi connectivity index (χ3n) is 3.56. The summed E-state index contributed by atoms with van der Waals surface area (Å²) in [5.74, 6) is -0.110. The minimum atomic E-state index is -2.86. The second-order valence-electron chi connectivity index (χ2n) is 4.55. The van der Waals surface area contributed by atoms with Crippen LogP contribution >= 0.6 is 0 Å². The quantitative estimate of drug-likeness (QED) is 0.810. The molecule has 1 rings (SSSR count). The lowest BCUT2D eigenvalue weighted by molar-refractivity contribution is -0.125. The Bertz CT molecular complexity index is 423. The number of benzene rings is 1. The van der Waals surface area contributed by atoms with Crippen molar-refractivity contribution in [2.45, 2.75) is 33.3 Å². The van der Waals surface area contributed by atoms with E-state index in [1.165, 1.54) is 24.3 Å². The lowest BCUT2D eigenvalue weighted by Gasteiger charge is -2.28. The molecule has 0 aliphatic heterocycles. The normalized spacial score (nSPS) is 11.5. The van der Waals surface area contributed by atoms with Gasteiger partial charge in [-0.2, -0.15) is 8.78 Å². The van der Waals surface area contributed by atoms with Crippen LogP contribution in [0.1, 0.15) is 26.7 Å². The molecule has 20 heavy (non-hydrogen) atoms. The molecule has 0 bridgehead atoms. The molecule has 1 aromatic rings. The van der Waals surface area contributed by atoms with Gasteiger partial charge in [-0.1, -0.05) is 13.8 Å². The van der Waals surface area contributed by atoms with Crippen molar-refractivity contribution in [3.63, 3.8) is 0 Å². The van der Waals surface area contributed by atoms with Gasteiger partial charge in [-0.05, 0) is 37.1 Å². The minimum Gasteiger partial charge on any atom is -0.435 e. The summed E-state index contributed by atoms with van der Waals surface area (Å²) in [5.41, 5.74) is 5.62. The maximum Gasteiger partial charge on any atom is 0.387 e. The van der Waals surface area contributed by atoms with Gasteiger partial charge in [-0.25, -0.2) is 0 Å². The zero-order chi connectivity index (χ0) is 15.2. The molecular formula is C14H20F2N2O2. The van der Waals surface area contributed by atoms with Crippen LogP contribution in [0.3, 0.4) is 0 Å². The molecule has 0 atom stereocenters. The topological polar surface area (TPSA) is 64.4 Å². The van der Waals surface area contributed by atoms with Crippen LogP contribution < -0.4 is 15.8 Å². The predicted octanol–water partition coefficient (Wildman–Crippen LogP) is 2.99. The Kier molecular flexibility index (Phi) is 5.88. The highest BCUT2D eigenvalue weighted by molar-refractivity contribution is 5.95. The van der Waals surface area contributed by atoms with Gasteiger partial charge in [0.05, 0.1) is 5.41 Å². The van der Waals surface area contributed by atoms with Gasteiger partial charge in [0.15, 0.2) is 0 Å². The molecule has 1 aromatic carbocycles. The Morgan fingerprint density at radius 2 is 1.85 bits per heavy atom. The highest BCUT2D eigenvalue weighted by Gasteiger charge is 2.33. The molecule has 0 spiro atoms. The van der Waals surface area contributed by atoms with E-state index in [1.807, 2.05) is 13.8 Å². The van der Waals surface area contributed by atoms with Crippen LogP contribution in [0.2, 0.25) is 0 Å². The van der Waals surface area contributed by atoms with Gasteiger partial charge in [0.1, 0.15) is 5.75 Å². The van der Waals surface area contributed by atoms with Crippen molar-refractivity contribution in [2.24, 2.45) is 11.1 Å². The number of halogens is 2. The molecule has 0 saturated heterocycles. The number of hydrogen-bond donors (Lipinski definition) is 2. The molecular weight excluding hydrogens is 266 g/mol.